The third kappa shape index (κ3) is 39.0. The van der Waals surface area contributed by atoms with Crippen molar-refractivity contribution < 1.29 is 24.5 Å². The van der Waals surface area contributed by atoms with E-state index in [1.165, 1.54) is 148 Å². The first-order valence-corrected chi connectivity index (χ1v) is 24.1. The fourth-order valence-electron chi connectivity index (χ4n) is 7.37. The summed E-state index contributed by atoms with van der Waals surface area (Å²) < 4.78 is 5.87. The average molecular weight is 776 g/mol. The van der Waals surface area contributed by atoms with Crippen molar-refractivity contribution in [2.45, 2.75) is 270 Å². The lowest BCUT2D eigenvalue weighted by atomic mass is 10.0. The Balaban J connectivity index is 4.61. The number of rotatable bonds is 43. The van der Waals surface area contributed by atoms with Crippen LogP contribution in [0.15, 0.2) is 24.3 Å². The predicted octanol–water partition coefficient (Wildman–Crippen LogP) is 14.0. The van der Waals surface area contributed by atoms with E-state index in [0.717, 1.165) is 51.4 Å². The molecule has 0 aromatic rings. The molecule has 6 heteroatoms. The molecule has 3 N–H and O–H groups in total. The molecule has 0 aliphatic carbocycles. The lowest BCUT2D eigenvalue weighted by Gasteiger charge is -2.24. The Labute approximate surface area is 341 Å². The standard InChI is InChI=1S/C49H93NO5/c1-4-7-10-13-16-19-22-24-27-30-33-36-39-42-49(54)55-45(40-37-34-31-28-25-21-18-15-12-9-6-3)43-48(53)50-46(44-51)47(52)41-38-35-32-29-26-23-20-17-14-11-8-5-2/h24,27,33,36,45-47,51-52H,4-23,25-26,28-32,34-35,37-44H2,1-3H3,(H,50,53)/b27-24-,36-33+. The van der Waals surface area contributed by atoms with Crippen LogP contribution in [0.5, 0.6) is 0 Å². The maximum absolute atomic E-state index is 13.1. The summed E-state index contributed by atoms with van der Waals surface area (Å²) in [6.45, 7) is 6.45. The Bertz CT molecular complexity index is 873. The molecule has 0 spiro atoms. The highest BCUT2D eigenvalue weighted by molar-refractivity contribution is 5.77. The van der Waals surface area contributed by atoms with E-state index >= 15 is 0 Å². The van der Waals surface area contributed by atoms with E-state index in [1.807, 2.05) is 6.08 Å². The van der Waals surface area contributed by atoms with Gasteiger partial charge in [0.05, 0.1) is 25.2 Å². The molecule has 3 unspecified atom stereocenters. The van der Waals surface area contributed by atoms with Crippen molar-refractivity contribution in [2.75, 3.05) is 6.61 Å². The molecule has 0 fully saturated rings. The van der Waals surface area contributed by atoms with Crippen LogP contribution in [0.4, 0.5) is 0 Å². The third-order valence-corrected chi connectivity index (χ3v) is 11.0. The largest absolute Gasteiger partial charge is 0.462 e. The third-order valence-electron chi connectivity index (χ3n) is 11.0. The van der Waals surface area contributed by atoms with E-state index in [4.69, 9.17) is 4.74 Å². The summed E-state index contributed by atoms with van der Waals surface area (Å²) in [6, 6.07) is -0.705. The second-order valence-corrected chi connectivity index (χ2v) is 16.5. The molecule has 0 heterocycles. The highest BCUT2D eigenvalue weighted by Gasteiger charge is 2.24. The molecular weight excluding hydrogens is 683 g/mol. The number of carbonyl (C=O) groups is 2. The van der Waals surface area contributed by atoms with Crippen LogP contribution in [0.1, 0.15) is 252 Å². The molecule has 3 atom stereocenters. The lowest BCUT2D eigenvalue weighted by Crippen LogP contribution is -2.46. The molecule has 0 aromatic carbocycles. The van der Waals surface area contributed by atoms with Gasteiger partial charge in [-0.2, -0.15) is 0 Å². The van der Waals surface area contributed by atoms with Crippen molar-refractivity contribution in [1.29, 1.82) is 0 Å². The first kappa shape index (κ1) is 53.3. The summed E-state index contributed by atoms with van der Waals surface area (Å²) in [6.07, 6.45) is 48.1. The summed E-state index contributed by atoms with van der Waals surface area (Å²) in [5.74, 6) is -0.545. The van der Waals surface area contributed by atoms with Gasteiger partial charge in [-0.3, -0.25) is 9.59 Å². The van der Waals surface area contributed by atoms with Crippen LogP contribution in [0.25, 0.3) is 0 Å². The summed E-state index contributed by atoms with van der Waals surface area (Å²) in [5, 5.41) is 23.7. The van der Waals surface area contributed by atoms with E-state index in [1.54, 1.807) is 0 Å². The molecule has 0 aromatic heterocycles. The highest BCUT2D eigenvalue weighted by Crippen LogP contribution is 2.17. The molecule has 0 saturated carbocycles. The van der Waals surface area contributed by atoms with Gasteiger partial charge in [-0.05, 0) is 44.9 Å². The number of carbonyl (C=O) groups excluding carboxylic acids is 2. The van der Waals surface area contributed by atoms with Crippen molar-refractivity contribution in [2.24, 2.45) is 0 Å². The maximum atomic E-state index is 13.1. The van der Waals surface area contributed by atoms with Crippen LogP contribution in [-0.2, 0) is 14.3 Å². The lowest BCUT2D eigenvalue weighted by molar-refractivity contribution is -0.150. The minimum atomic E-state index is -0.790. The van der Waals surface area contributed by atoms with Crippen LogP contribution in [0.2, 0.25) is 0 Å². The zero-order valence-corrected chi connectivity index (χ0v) is 36.8. The number of aliphatic hydroxyl groups is 2. The Hall–Kier alpha value is -1.66. The molecule has 324 valence electrons. The number of nitrogens with one attached hydrogen (secondary N) is 1. The number of aliphatic hydroxyl groups excluding tert-OH is 2. The van der Waals surface area contributed by atoms with Gasteiger partial charge in [0, 0.05) is 6.42 Å². The van der Waals surface area contributed by atoms with Crippen LogP contribution >= 0.6 is 0 Å². The zero-order chi connectivity index (χ0) is 40.3. The van der Waals surface area contributed by atoms with Crippen LogP contribution in [0.3, 0.4) is 0 Å². The van der Waals surface area contributed by atoms with Gasteiger partial charge in [-0.15, -0.1) is 0 Å². The molecule has 0 rings (SSSR count). The number of ether oxygens (including phenoxy) is 1. The summed E-state index contributed by atoms with van der Waals surface area (Å²) in [5.41, 5.74) is 0. The number of unbranched alkanes of at least 4 members (excludes halogenated alkanes) is 27. The minimum absolute atomic E-state index is 0.0601. The average Bonchev–Trinajstić information content (AvgIpc) is 3.18. The quantitative estimate of drug-likeness (QED) is 0.0326. The molecule has 0 radical (unpaired) electrons. The first-order valence-electron chi connectivity index (χ1n) is 24.1. The van der Waals surface area contributed by atoms with Gasteiger partial charge < -0.3 is 20.3 Å². The second-order valence-electron chi connectivity index (χ2n) is 16.5. The van der Waals surface area contributed by atoms with Gasteiger partial charge in [0.2, 0.25) is 5.91 Å². The fourth-order valence-corrected chi connectivity index (χ4v) is 7.37. The predicted molar refractivity (Wildman–Crippen MR) is 236 cm³/mol. The van der Waals surface area contributed by atoms with Gasteiger partial charge in [-0.1, -0.05) is 218 Å². The number of esters is 1. The molecule has 0 bridgehead atoms. The normalized spacial score (nSPS) is 13.5. The van der Waals surface area contributed by atoms with Crippen LogP contribution in [0, 0.1) is 0 Å². The second kappa shape index (κ2) is 43.5. The van der Waals surface area contributed by atoms with Crippen LogP contribution < -0.4 is 5.32 Å². The molecule has 1 amide bonds. The van der Waals surface area contributed by atoms with Crippen molar-refractivity contribution in [1.82, 2.24) is 5.32 Å². The van der Waals surface area contributed by atoms with E-state index < -0.39 is 18.2 Å². The molecule has 0 saturated heterocycles. The van der Waals surface area contributed by atoms with Gasteiger partial charge >= 0.3 is 5.97 Å². The molecule has 0 aliphatic heterocycles. The zero-order valence-electron chi connectivity index (χ0n) is 36.8. The van der Waals surface area contributed by atoms with Crippen molar-refractivity contribution >= 4 is 11.9 Å². The van der Waals surface area contributed by atoms with Crippen molar-refractivity contribution in [3.8, 4) is 0 Å². The fraction of sp³-hybridized carbons (Fsp3) is 0.878. The van der Waals surface area contributed by atoms with E-state index in [0.29, 0.717) is 25.7 Å². The monoisotopic (exact) mass is 776 g/mol. The number of amides is 1. The van der Waals surface area contributed by atoms with Crippen molar-refractivity contribution in [3.63, 3.8) is 0 Å². The molecule has 0 aliphatic rings. The van der Waals surface area contributed by atoms with Gasteiger partial charge in [0.25, 0.3) is 0 Å². The number of hydrogen-bond donors (Lipinski definition) is 3. The van der Waals surface area contributed by atoms with Gasteiger partial charge in [0.1, 0.15) is 6.10 Å². The van der Waals surface area contributed by atoms with Gasteiger partial charge in [-0.25, -0.2) is 0 Å². The number of hydrogen-bond acceptors (Lipinski definition) is 5. The van der Waals surface area contributed by atoms with E-state index in [-0.39, 0.29) is 24.9 Å². The number of allylic oxidation sites excluding steroid dienone is 4. The van der Waals surface area contributed by atoms with E-state index in [9.17, 15) is 19.8 Å². The summed E-state index contributed by atoms with van der Waals surface area (Å²) >= 11 is 0. The first-order chi connectivity index (χ1) is 27.0. The smallest absolute Gasteiger partial charge is 0.306 e. The van der Waals surface area contributed by atoms with Gasteiger partial charge in [0.15, 0.2) is 0 Å². The molecule has 55 heavy (non-hydrogen) atoms. The summed E-state index contributed by atoms with van der Waals surface area (Å²) in [4.78, 5) is 26.0. The Morgan fingerprint density at radius 2 is 0.927 bits per heavy atom. The van der Waals surface area contributed by atoms with Crippen molar-refractivity contribution in [3.05, 3.63) is 24.3 Å². The van der Waals surface area contributed by atoms with Crippen LogP contribution in [-0.4, -0.2) is 46.9 Å². The molecular formula is C49H93NO5. The molecule has 6 nitrogen and oxygen atoms in total. The highest BCUT2D eigenvalue weighted by atomic mass is 16.5. The van der Waals surface area contributed by atoms with E-state index in [2.05, 4.69) is 44.3 Å². The minimum Gasteiger partial charge on any atom is -0.462 e. The summed E-state index contributed by atoms with van der Waals surface area (Å²) in [7, 11) is 0. The maximum Gasteiger partial charge on any atom is 0.306 e. The SMILES string of the molecule is CCCCCCCC/C=C\C/C=C/CCC(=O)OC(CCCCCCCCCCCCC)CC(=O)NC(CO)C(O)CCCCCCCCCCCCCC. The topological polar surface area (TPSA) is 95.9 Å². The Morgan fingerprint density at radius 1 is 0.527 bits per heavy atom. The Kier molecular flexibility index (Phi) is 42.2. The Morgan fingerprint density at radius 3 is 1.38 bits per heavy atom.